The van der Waals surface area contributed by atoms with Gasteiger partial charge < -0.3 is 15.3 Å². The Balaban J connectivity index is 3.23. The minimum Gasteiger partial charge on any atom is -0.505 e. The van der Waals surface area contributed by atoms with Crippen molar-refractivity contribution in [2.75, 3.05) is 0 Å². The zero-order valence-electron chi connectivity index (χ0n) is 8.14. The van der Waals surface area contributed by atoms with Crippen molar-refractivity contribution in [1.29, 1.82) is 0 Å². The number of aliphatic carboxylic acids is 1. The maximum absolute atomic E-state index is 10.3. The van der Waals surface area contributed by atoms with E-state index in [1.807, 2.05) is 0 Å². The molecule has 0 fully saturated rings. The maximum Gasteiger partial charge on any atom is 0.328 e. The molecule has 0 aromatic carbocycles. The van der Waals surface area contributed by atoms with Crippen LogP contribution in [0.2, 0.25) is 0 Å². The SMILES string of the molecule is Cc1ncc(CO)c(C=CC(=O)O)c1O. The first-order valence-corrected chi connectivity index (χ1v) is 4.25. The lowest BCUT2D eigenvalue weighted by Crippen LogP contribution is -1.95. The zero-order valence-corrected chi connectivity index (χ0v) is 8.14. The number of rotatable bonds is 3. The summed E-state index contributed by atoms with van der Waals surface area (Å²) in [5.41, 5.74) is 1.06. The van der Waals surface area contributed by atoms with E-state index in [1.54, 1.807) is 6.92 Å². The van der Waals surface area contributed by atoms with E-state index in [9.17, 15) is 9.90 Å². The summed E-state index contributed by atoms with van der Waals surface area (Å²) < 4.78 is 0. The number of hydrogen-bond acceptors (Lipinski definition) is 4. The molecule has 5 nitrogen and oxygen atoms in total. The number of pyridine rings is 1. The third-order valence-electron chi connectivity index (χ3n) is 1.92. The monoisotopic (exact) mass is 209 g/mol. The fourth-order valence-electron chi connectivity index (χ4n) is 1.12. The van der Waals surface area contributed by atoms with Crippen molar-refractivity contribution in [1.82, 2.24) is 4.98 Å². The first kappa shape index (κ1) is 11.2. The van der Waals surface area contributed by atoms with Gasteiger partial charge in [0.1, 0.15) is 5.75 Å². The van der Waals surface area contributed by atoms with E-state index >= 15 is 0 Å². The standard InChI is InChI=1S/C10H11NO4/c1-6-10(15)8(2-3-9(13)14)7(5-12)4-11-6/h2-4,12,15H,5H2,1H3,(H,13,14). The molecular weight excluding hydrogens is 198 g/mol. The average molecular weight is 209 g/mol. The topological polar surface area (TPSA) is 90.7 Å². The first-order valence-electron chi connectivity index (χ1n) is 4.25. The maximum atomic E-state index is 10.3. The molecule has 1 aromatic rings. The van der Waals surface area contributed by atoms with E-state index < -0.39 is 5.97 Å². The first-order chi connectivity index (χ1) is 7.06. The predicted octanol–water partition coefficient (Wildman–Crippen LogP) is 0.686. The van der Waals surface area contributed by atoms with Gasteiger partial charge in [0.2, 0.25) is 0 Å². The highest BCUT2D eigenvalue weighted by atomic mass is 16.4. The lowest BCUT2D eigenvalue weighted by atomic mass is 10.1. The lowest BCUT2D eigenvalue weighted by molar-refractivity contribution is -0.131. The molecule has 0 aliphatic rings. The quantitative estimate of drug-likeness (QED) is 0.637. The van der Waals surface area contributed by atoms with Crippen LogP contribution in [-0.4, -0.2) is 26.3 Å². The van der Waals surface area contributed by atoms with Crippen molar-refractivity contribution in [2.24, 2.45) is 0 Å². The Morgan fingerprint density at radius 3 is 2.80 bits per heavy atom. The Morgan fingerprint density at radius 2 is 2.27 bits per heavy atom. The molecule has 0 saturated heterocycles. The van der Waals surface area contributed by atoms with Gasteiger partial charge in [-0.05, 0) is 13.0 Å². The third-order valence-corrected chi connectivity index (χ3v) is 1.92. The smallest absolute Gasteiger partial charge is 0.328 e. The van der Waals surface area contributed by atoms with Gasteiger partial charge in [0.15, 0.2) is 0 Å². The van der Waals surface area contributed by atoms with Gasteiger partial charge in [-0.2, -0.15) is 0 Å². The van der Waals surface area contributed by atoms with Crippen molar-refractivity contribution < 1.29 is 20.1 Å². The van der Waals surface area contributed by atoms with Crippen LogP contribution < -0.4 is 0 Å². The molecule has 0 amide bonds. The second-order valence-corrected chi connectivity index (χ2v) is 2.96. The molecule has 15 heavy (non-hydrogen) atoms. The minimum absolute atomic E-state index is 0.112. The number of nitrogens with zero attached hydrogens (tertiary/aromatic N) is 1. The second-order valence-electron chi connectivity index (χ2n) is 2.96. The van der Waals surface area contributed by atoms with Gasteiger partial charge >= 0.3 is 5.97 Å². The summed E-state index contributed by atoms with van der Waals surface area (Å²) in [6.07, 6.45) is 3.53. The molecule has 0 radical (unpaired) electrons. The number of aromatic nitrogens is 1. The highest BCUT2D eigenvalue weighted by Crippen LogP contribution is 2.24. The third kappa shape index (κ3) is 2.54. The van der Waals surface area contributed by atoms with Crippen LogP contribution in [0.4, 0.5) is 0 Å². The normalized spacial score (nSPS) is 10.8. The van der Waals surface area contributed by atoms with Gasteiger partial charge in [0, 0.05) is 23.4 Å². The van der Waals surface area contributed by atoms with Crippen molar-refractivity contribution in [3.63, 3.8) is 0 Å². The molecule has 80 valence electrons. The van der Waals surface area contributed by atoms with Crippen molar-refractivity contribution in [2.45, 2.75) is 13.5 Å². The molecule has 0 aliphatic heterocycles. The summed E-state index contributed by atoms with van der Waals surface area (Å²) in [5, 5.41) is 27.0. The number of aromatic hydroxyl groups is 1. The molecular formula is C10H11NO4. The molecule has 1 heterocycles. The molecule has 0 atom stereocenters. The number of aliphatic hydroxyl groups is 1. The second kappa shape index (κ2) is 4.56. The molecule has 1 aromatic heterocycles. The van der Waals surface area contributed by atoms with E-state index in [-0.39, 0.29) is 17.9 Å². The molecule has 0 spiro atoms. The van der Waals surface area contributed by atoms with Gasteiger partial charge in [-0.3, -0.25) is 4.98 Å². The summed E-state index contributed by atoms with van der Waals surface area (Å²) in [6.45, 7) is 1.29. The van der Waals surface area contributed by atoms with Gasteiger partial charge in [0.05, 0.1) is 12.3 Å². The zero-order chi connectivity index (χ0) is 11.4. The van der Waals surface area contributed by atoms with E-state index in [0.717, 1.165) is 6.08 Å². The Morgan fingerprint density at radius 1 is 1.60 bits per heavy atom. The largest absolute Gasteiger partial charge is 0.505 e. The van der Waals surface area contributed by atoms with E-state index in [0.29, 0.717) is 11.3 Å². The molecule has 0 aliphatic carbocycles. The molecule has 3 N–H and O–H groups in total. The fraction of sp³-hybridized carbons (Fsp3) is 0.200. The van der Waals surface area contributed by atoms with Crippen molar-refractivity contribution >= 4 is 12.0 Å². The summed E-state index contributed by atoms with van der Waals surface area (Å²) in [7, 11) is 0. The van der Waals surface area contributed by atoms with Crippen molar-refractivity contribution in [3.05, 3.63) is 29.1 Å². The molecule has 0 saturated carbocycles. The van der Waals surface area contributed by atoms with Crippen molar-refractivity contribution in [3.8, 4) is 5.75 Å². The summed E-state index contributed by atoms with van der Waals surface area (Å²) in [6, 6.07) is 0. The Kier molecular flexibility index (Phi) is 3.41. The Hall–Kier alpha value is -1.88. The number of aryl methyl sites for hydroxylation is 1. The summed E-state index contributed by atoms with van der Waals surface area (Å²) in [4.78, 5) is 14.2. The highest BCUT2D eigenvalue weighted by molar-refractivity contribution is 5.86. The van der Waals surface area contributed by atoms with Crippen LogP contribution in [-0.2, 0) is 11.4 Å². The summed E-state index contributed by atoms with van der Waals surface area (Å²) in [5.74, 6) is -1.23. The number of hydrogen-bond donors (Lipinski definition) is 3. The Bertz CT molecular complexity index is 412. The van der Waals surface area contributed by atoms with Gasteiger partial charge in [-0.15, -0.1) is 0 Å². The summed E-state index contributed by atoms with van der Waals surface area (Å²) >= 11 is 0. The fourth-order valence-corrected chi connectivity index (χ4v) is 1.12. The number of carbonyl (C=O) groups is 1. The van der Waals surface area contributed by atoms with Crippen LogP contribution >= 0.6 is 0 Å². The number of carboxylic acids is 1. The lowest BCUT2D eigenvalue weighted by Gasteiger charge is -2.06. The molecule has 0 unspecified atom stereocenters. The van der Waals surface area contributed by atoms with Gasteiger partial charge in [0.25, 0.3) is 0 Å². The highest BCUT2D eigenvalue weighted by Gasteiger charge is 2.08. The van der Waals surface area contributed by atoms with Crippen LogP contribution in [0.1, 0.15) is 16.8 Å². The van der Waals surface area contributed by atoms with Gasteiger partial charge in [-0.1, -0.05) is 0 Å². The van der Waals surface area contributed by atoms with Crippen LogP contribution in [0.5, 0.6) is 5.75 Å². The number of aliphatic hydroxyl groups excluding tert-OH is 1. The molecule has 5 heteroatoms. The number of carboxylic acid groups (broad SMARTS) is 1. The minimum atomic E-state index is -1.12. The van der Waals surface area contributed by atoms with Gasteiger partial charge in [-0.25, -0.2) is 4.79 Å². The van der Waals surface area contributed by atoms with E-state index in [4.69, 9.17) is 10.2 Å². The van der Waals surface area contributed by atoms with E-state index in [2.05, 4.69) is 4.98 Å². The van der Waals surface area contributed by atoms with Crippen LogP contribution in [0.3, 0.4) is 0 Å². The molecule has 1 rings (SSSR count). The van der Waals surface area contributed by atoms with Crippen LogP contribution in [0, 0.1) is 6.92 Å². The average Bonchev–Trinajstić information content (AvgIpc) is 2.20. The van der Waals surface area contributed by atoms with E-state index in [1.165, 1.54) is 12.3 Å². The Labute approximate surface area is 86.3 Å². The van der Waals surface area contributed by atoms with Crippen LogP contribution in [0.25, 0.3) is 6.08 Å². The van der Waals surface area contributed by atoms with Crippen LogP contribution in [0.15, 0.2) is 12.3 Å². The molecule has 0 bridgehead atoms. The predicted molar refractivity (Wildman–Crippen MR) is 53.2 cm³/mol.